The predicted molar refractivity (Wildman–Crippen MR) is 106 cm³/mol. The summed E-state index contributed by atoms with van der Waals surface area (Å²) >= 11 is 0. The smallest absolute Gasteiger partial charge is 0.257 e. The van der Waals surface area contributed by atoms with Crippen molar-refractivity contribution >= 4 is 16.7 Å². The van der Waals surface area contributed by atoms with Crippen LogP contribution in [0.25, 0.3) is 10.8 Å². The maximum absolute atomic E-state index is 12.9. The van der Waals surface area contributed by atoms with Gasteiger partial charge in [-0.2, -0.15) is 0 Å². The van der Waals surface area contributed by atoms with E-state index in [0.717, 1.165) is 22.3 Å². The lowest BCUT2D eigenvalue weighted by atomic mass is 10.0. The van der Waals surface area contributed by atoms with E-state index in [-0.39, 0.29) is 5.91 Å². The van der Waals surface area contributed by atoms with E-state index >= 15 is 0 Å². The third-order valence-corrected chi connectivity index (χ3v) is 4.40. The Morgan fingerprint density at radius 1 is 0.889 bits per heavy atom. The molecule has 5 nitrogen and oxygen atoms in total. The van der Waals surface area contributed by atoms with Crippen LogP contribution < -0.4 is 14.2 Å². The molecule has 0 bridgehead atoms. The van der Waals surface area contributed by atoms with Crippen molar-refractivity contribution in [3.63, 3.8) is 0 Å². The minimum absolute atomic E-state index is 0.101. The van der Waals surface area contributed by atoms with Crippen molar-refractivity contribution < 1.29 is 19.0 Å². The van der Waals surface area contributed by atoms with Crippen LogP contribution in [-0.4, -0.2) is 45.2 Å². The van der Waals surface area contributed by atoms with Gasteiger partial charge in [0, 0.05) is 7.05 Å². The number of carbonyl (C=O) groups excluding carboxylic acids is 1. The maximum atomic E-state index is 12.9. The van der Waals surface area contributed by atoms with Gasteiger partial charge in [-0.3, -0.25) is 4.79 Å². The van der Waals surface area contributed by atoms with E-state index in [2.05, 4.69) is 0 Å². The molecule has 5 heteroatoms. The highest BCUT2D eigenvalue weighted by Gasteiger charge is 2.17. The Morgan fingerprint density at radius 2 is 1.52 bits per heavy atom. The van der Waals surface area contributed by atoms with Crippen LogP contribution in [0, 0.1) is 0 Å². The van der Waals surface area contributed by atoms with Gasteiger partial charge in [0.2, 0.25) is 0 Å². The first-order valence-corrected chi connectivity index (χ1v) is 8.71. The van der Waals surface area contributed by atoms with Crippen LogP contribution in [0.5, 0.6) is 17.2 Å². The standard InChI is InChI=1S/C22H23NO4/c1-23(12-13-27-19-10-8-18(25-2)9-11-19)22(24)20-14-16-6-4-5-7-17(16)15-21(20)26-3/h4-11,14-15H,12-13H2,1-3H3. The first-order chi connectivity index (χ1) is 13.1. The highest BCUT2D eigenvalue weighted by molar-refractivity contribution is 6.01. The summed E-state index contributed by atoms with van der Waals surface area (Å²) in [6.07, 6.45) is 0. The van der Waals surface area contributed by atoms with Gasteiger partial charge >= 0.3 is 0 Å². The fourth-order valence-electron chi connectivity index (χ4n) is 2.83. The fraction of sp³-hybridized carbons (Fsp3) is 0.227. The van der Waals surface area contributed by atoms with Crippen molar-refractivity contribution in [2.45, 2.75) is 0 Å². The molecule has 0 aliphatic carbocycles. The van der Waals surface area contributed by atoms with Crippen molar-refractivity contribution in [3.8, 4) is 17.2 Å². The highest BCUT2D eigenvalue weighted by atomic mass is 16.5. The van der Waals surface area contributed by atoms with Gasteiger partial charge < -0.3 is 19.1 Å². The van der Waals surface area contributed by atoms with Crippen LogP contribution in [0.4, 0.5) is 0 Å². The van der Waals surface area contributed by atoms with Crippen molar-refractivity contribution in [2.24, 2.45) is 0 Å². The summed E-state index contributed by atoms with van der Waals surface area (Å²) in [6, 6.07) is 19.0. The Balaban J connectivity index is 1.66. The molecule has 0 aliphatic heterocycles. The van der Waals surface area contributed by atoms with Gasteiger partial charge in [-0.1, -0.05) is 24.3 Å². The summed E-state index contributed by atoms with van der Waals surface area (Å²) in [4.78, 5) is 14.5. The van der Waals surface area contributed by atoms with E-state index in [4.69, 9.17) is 14.2 Å². The number of nitrogens with zero attached hydrogens (tertiary/aromatic N) is 1. The summed E-state index contributed by atoms with van der Waals surface area (Å²) < 4.78 is 16.3. The molecule has 0 heterocycles. The Morgan fingerprint density at radius 3 is 2.15 bits per heavy atom. The molecule has 3 rings (SSSR count). The minimum Gasteiger partial charge on any atom is -0.497 e. The van der Waals surface area contributed by atoms with E-state index in [1.54, 1.807) is 26.2 Å². The molecule has 3 aromatic rings. The SMILES string of the molecule is COc1ccc(OCCN(C)C(=O)c2cc3ccccc3cc2OC)cc1. The van der Waals surface area contributed by atoms with E-state index in [1.165, 1.54) is 0 Å². The van der Waals surface area contributed by atoms with Crippen LogP contribution in [0.15, 0.2) is 60.7 Å². The summed E-state index contributed by atoms with van der Waals surface area (Å²) in [5.41, 5.74) is 0.545. The Labute approximate surface area is 159 Å². The zero-order valence-electron chi connectivity index (χ0n) is 15.8. The van der Waals surface area contributed by atoms with E-state index < -0.39 is 0 Å². The van der Waals surface area contributed by atoms with Crippen LogP contribution in [0.2, 0.25) is 0 Å². The van der Waals surface area contributed by atoms with Gasteiger partial charge in [-0.15, -0.1) is 0 Å². The monoisotopic (exact) mass is 365 g/mol. The zero-order chi connectivity index (χ0) is 19.2. The topological polar surface area (TPSA) is 48.0 Å². The molecule has 0 aliphatic rings. The normalized spacial score (nSPS) is 10.5. The third kappa shape index (κ3) is 4.31. The Bertz CT molecular complexity index is 921. The number of fused-ring (bicyclic) bond motifs is 1. The molecule has 0 unspecified atom stereocenters. The number of hydrogen-bond donors (Lipinski definition) is 0. The first kappa shape index (κ1) is 18.6. The number of amides is 1. The summed E-state index contributed by atoms with van der Waals surface area (Å²) in [5, 5.41) is 2.04. The second-order valence-electron chi connectivity index (χ2n) is 6.15. The molecule has 0 N–H and O–H groups in total. The van der Waals surface area contributed by atoms with Crippen LogP contribution in [0.1, 0.15) is 10.4 Å². The van der Waals surface area contributed by atoms with Gasteiger partial charge in [-0.25, -0.2) is 0 Å². The fourth-order valence-corrected chi connectivity index (χ4v) is 2.83. The predicted octanol–water partition coefficient (Wildman–Crippen LogP) is 4.01. The van der Waals surface area contributed by atoms with Crippen LogP contribution >= 0.6 is 0 Å². The number of ether oxygens (including phenoxy) is 3. The molecule has 0 radical (unpaired) electrons. The van der Waals surface area contributed by atoms with Crippen molar-refractivity contribution in [2.75, 3.05) is 34.4 Å². The molecule has 27 heavy (non-hydrogen) atoms. The van der Waals surface area contributed by atoms with E-state index in [0.29, 0.717) is 24.5 Å². The molecule has 0 spiro atoms. The van der Waals surface area contributed by atoms with E-state index in [1.807, 2.05) is 60.7 Å². The second-order valence-corrected chi connectivity index (χ2v) is 6.15. The highest BCUT2D eigenvalue weighted by Crippen LogP contribution is 2.27. The number of methoxy groups -OCH3 is 2. The van der Waals surface area contributed by atoms with Crippen LogP contribution in [-0.2, 0) is 0 Å². The molecular formula is C22H23NO4. The average molecular weight is 365 g/mol. The van der Waals surface area contributed by atoms with Crippen molar-refractivity contribution in [1.29, 1.82) is 0 Å². The van der Waals surface area contributed by atoms with Crippen molar-refractivity contribution in [1.82, 2.24) is 4.90 Å². The molecule has 0 aromatic heterocycles. The molecule has 0 atom stereocenters. The molecule has 0 fully saturated rings. The van der Waals surface area contributed by atoms with Gasteiger partial charge in [-0.05, 0) is 47.2 Å². The zero-order valence-corrected chi connectivity index (χ0v) is 15.8. The average Bonchev–Trinajstić information content (AvgIpc) is 2.72. The summed E-state index contributed by atoms with van der Waals surface area (Å²) in [7, 11) is 4.96. The number of hydrogen-bond acceptors (Lipinski definition) is 4. The van der Waals surface area contributed by atoms with Gasteiger partial charge in [0.1, 0.15) is 23.9 Å². The van der Waals surface area contributed by atoms with Gasteiger partial charge in [0.05, 0.1) is 26.3 Å². The molecule has 1 amide bonds. The summed E-state index contributed by atoms with van der Waals surface area (Å²) in [6.45, 7) is 0.852. The quantitative estimate of drug-likeness (QED) is 0.635. The number of likely N-dealkylation sites (N-methyl/N-ethyl adjacent to an activating group) is 1. The maximum Gasteiger partial charge on any atom is 0.257 e. The van der Waals surface area contributed by atoms with E-state index in [9.17, 15) is 4.79 Å². The van der Waals surface area contributed by atoms with Crippen LogP contribution in [0.3, 0.4) is 0 Å². The molecule has 0 saturated heterocycles. The molecule has 140 valence electrons. The number of carbonyl (C=O) groups is 1. The lowest BCUT2D eigenvalue weighted by Crippen LogP contribution is -2.31. The van der Waals surface area contributed by atoms with Crippen molar-refractivity contribution in [3.05, 3.63) is 66.2 Å². The lowest BCUT2D eigenvalue weighted by Gasteiger charge is -2.19. The van der Waals surface area contributed by atoms with Gasteiger partial charge in [0.25, 0.3) is 5.91 Å². The molecule has 3 aromatic carbocycles. The van der Waals surface area contributed by atoms with Gasteiger partial charge in [0.15, 0.2) is 0 Å². The first-order valence-electron chi connectivity index (χ1n) is 8.71. The largest absolute Gasteiger partial charge is 0.497 e. The lowest BCUT2D eigenvalue weighted by molar-refractivity contribution is 0.0770. The second kappa shape index (κ2) is 8.45. The molecular weight excluding hydrogens is 342 g/mol. The Hall–Kier alpha value is -3.21. The summed E-state index contributed by atoms with van der Waals surface area (Å²) in [5.74, 6) is 1.98. The number of rotatable bonds is 7. The number of benzene rings is 3. The third-order valence-electron chi connectivity index (χ3n) is 4.40. The minimum atomic E-state index is -0.101. The molecule has 0 saturated carbocycles. The Kier molecular flexibility index (Phi) is 5.81.